The van der Waals surface area contributed by atoms with Crippen molar-refractivity contribution in [2.45, 2.75) is 13.5 Å². The van der Waals surface area contributed by atoms with Crippen molar-refractivity contribution in [3.05, 3.63) is 69.7 Å². The lowest BCUT2D eigenvalue weighted by Gasteiger charge is -2.10. The first kappa shape index (κ1) is 19.4. The van der Waals surface area contributed by atoms with Crippen LogP contribution in [0, 0.1) is 6.92 Å². The average Bonchev–Trinajstić information content (AvgIpc) is 3.12. The Kier molecular flexibility index (Phi) is 6.23. The number of ether oxygens (including phenoxy) is 2. The number of carbonyl (C=O) groups is 1. The molecule has 1 N–H and O–H groups in total. The molecule has 0 bridgehead atoms. The fraction of sp³-hybridized carbons (Fsp3) is 0.150. The Morgan fingerprint density at radius 2 is 2.04 bits per heavy atom. The van der Waals surface area contributed by atoms with E-state index in [9.17, 15) is 9.90 Å². The summed E-state index contributed by atoms with van der Waals surface area (Å²) >= 11 is 1.58. The summed E-state index contributed by atoms with van der Waals surface area (Å²) in [6.45, 7) is 2.33. The van der Waals surface area contributed by atoms with Crippen LogP contribution in [0.5, 0.6) is 11.5 Å². The van der Waals surface area contributed by atoms with E-state index in [1.807, 2.05) is 30.5 Å². The highest BCUT2D eigenvalue weighted by atomic mass is 32.1. The molecule has 1 heterocycles. The second-order valence-electron chi connectivity index (χ2n) is 5.79. The van der Waals surface area contributed by atoms with E-state index in [2.05, 4.69) is 15.5 Å². The van der Waals surface area contributed by atoms with E-state index in [4.69, 9.17) is 9.47 Å². The zero-order chi connectivity index (χ0) is 19.9. The van der Waals surface area contributed by atoms with Crippen molar-refractivity contribution in [2.24, 2.45) is 5.10 Å². The molecular formula is C20H18N3O4S-. The van der Waals surface area contributed by atoms with E-state index in [1.165, 1.54) is 12.1 Å². The van der Waals surface area contributed by atoms with Gasteiger partial charge in [-0.3, -0.25) is 5.43 Å². The minimum absolute atomic E-state index is 0.114. The molecule has 28 heavy (non-hydrogen) atoms. The van der Waals surface area contributed by atoms with Gasteiger partial charge in [-0.25, -0.2) is 4.98 Å². The largest absolute Gasteiger partial charge is 0.545 e. The fourth-order valence-electron chi connectivity index (χ4n) is 2.37. The molecule has 0 amide bonds. The lowest BCUT2D eigenvalue weighted by molar-refractivity contribution is -0.255. The Morgan fingerprint density at radius 3 is 2.68 bits per heavy atom. The molecule has 0 radical (unpaired) electrons. The fourth-order valence-corrected chi connectivity index (χ4v) is 2.97. The molecule has 0 saturated carbocycles. The lowest BCUT2D eigenvalue weighted by Crippen LogP contribution is -2.21. The van der Waals surface area contributed by atoms with Gasteiger partial charge in [0, 0.05) is 5.38 Å². The first-order valence-corrected chi connectivity index (χ1v) is 9.25. The Labute approximate surface area is 166 Å². The van der Waals surface area contributed by atoms with Gasteiger partial charge in [-0.2, -0.15) is 5.10 Å². The predicted octanol–water partition coefficient (Wildman–Crippen LogP) is 2.85. The van der Waals surface area contributed by atoms with E-state index < -0.39 is 5.97 Å². The van der Waals surface area contributed by atoms with Crippen LogP contribution in [0.1, 0.15) is 26.6 Å². The number of hydrogen-bond acceptors (Lipinski definition) is 8. The van der Waals surface area contributed by atoms with Gasteiger partial charge in [-0.05, 0) is 48.4 Å². The van der Waals surface area contributed by atoms with E-state index in [0.29, 0.717) is 23.8 Å². The van der Waals surface area contributed by atoms with Crippen molar-refractivity contribution in [1.29, 1.82) is 0 Å². The number of rotatable bonds is 8. The topological polar surface area (TPSA) is 95.9 Å². The molecule has 1 aromatic heterocycles. The summed E-state index contributed by atoms with van der Waals surface area (Å²) in [5.41, 5.74) is 5.30. The van der Waals surface area contributed by atoms with Crippen LogP contribution in [0.2, 0.25) is 0 Å². The maximum Gasteiger partial charge on any atom is 0.161 e. The molecule has 3 rings (SSSR count). The van der Waals surface area contributed by atoms with Crippen LogP contribution in [-0.4, -0.2) is 24.3 Å². The smallest absolute Gasteiger partial charge is 0.161 e. The van der Waals surface area contributed by atoms with Crippen molar-refractivity contribution < 1.29 is 19.4 Å². The van der Waals surface area contributed by atoms with Gasteiger partial charge in [0.15, 0.2) is 11.5 Å². The van der Waals surface area contributed by atoms with Gasteiger partial charge in [0.25, 0.3) is 0 Å². The summed E-state index contributed by atoms with van der Waals surface area (Å²) in [7, 11) is 1.58. The zero-order valence-electron chi connectivity index (χ0n) is 15.3. The van der Waals surface area contributed by atoms with Crippen LogP contribution in [0.4, 0.5) is 5.69 Å². The number of aromatic carboxylic acids is 1. The van der Waals surface area contributed by atoms with Gasteiger partial charge in [0.2, 0.25) is 0 Å². The molecule has 8 heteroatoms. The highest BCUT2D eigenvalue weighted by Crippen LogP contribution is 2.28. The first-order valence-electron chi connectivity index (χ1n) is 8.37. The number of carbonyl (C=O) groups excluding carboxylic acids is 1. The third-order valence-corrected chi connectivity index (χ3v) is 4.58. The summed E-state index contributed by atoms with van der Waals surface area (Å²) in [6.07, 6.45) is 1.63. The number of hydrogen-bond donors (Lipinski definition) is 1. The molecule has 0 saturated heterocycles. The molecule has 144 valence electrons. The van der Waals surface area contributed by atoms with Crippen LogP contribution < -0.4 is 20.0 Å². The summed E-state index contributed by atoms with van der Waals surface area (Å²) in [5.74, 6) is -0.000266. The molecular weight excluding hydrogens is 378 g/mol. The second kappa shape index (κ2) is 9.01. The van der Waals surface area contributed by atoms with Crippen LogP contribution >= 0.6 is 11.3 Å². The highest BCUT2D eigenvalue weighted by Gasteiger charge is 2.07. The Bertz CT molecular complexity index is 983. The van der Waals surface area contributed by atoms with Gasteiger partial charge in [0.05, 0.1) is 35.7 Å². The van der Waals surface area contributed by atoms with E-state index in [-0.39, 0.29) is 5.56 Å². The number of hydrazone groups is 1. The van der Waals surface area contributed by atoms with Crippen molar-refractivity contribution in [3.8, 4) is 11.5 Å². The lowest BCUT2D eigenvalue weighted by atomic mass is 10.2. The Morgan fingerprint density at radius 1 is 1.25 bits per heavy atom. The Balaban J connectivity index is 1.62. The maximum absolute atomic E-state index is 10.7. The molecule has 0 unspecified atom stereocenters. The monoisotopic (exact) mass is 396 g/mol. The van der Waals surface area contributed by atoms with E-state index in [0.717, 1.165) is 16.3 Å². The quantitative estimate of drug-likeness (QED) is 0.465. The third-order valence-electron chi connectivity index (χ3n) is 3.76. The molecule has 2 aromatic carbocycles. The summed E-state index contributed by atoms with van der Waals surface area (Å²) < 4.78 is 11.2. The molecule has 0 atom stereocenters. The number of methoxy groups -OCH3 is 1. The van der Waals surface area contributed by atoms with Gasteiger partial charge >= 0.3 is 0 Å². The number of carboxylic acids is 1. The number of aryl methyl sites for hydroxylation is 1. The number of anilines is 1. The third kappa shape index (κ3) is 5.08. The SMILES string of the molecule is COc1cc(/C=N\Nc2ccc(C(=O)[O-])cc2)ccc1OCc1csc(C)n1. The number of nitrogens with zero attached hydrogens (tertiary/aromatic N) is 2. The molecule has 0 aliphatic carbocycles. The summed E-state index contributed by atoms with van der Waals surface area (Å²) in [4.78, 5) is 15.1. The van der Waals surface area contributed by atoms with Crippen LogP contribution in [0.15, 0.2) is 52.9 Å². The van der Waals surface area contributed by atoms with Crippen LogP contribution in [0.25, 0.3) is 0 Å². The number of thiazole rings is 1. The Hall–Kier alpha value is -3.39. The van der Waals surface area contributed by atoms with Gasteiger partial charge < -0.3 is 19.4 Å². The molecule has 7 nitrogen and oxygen atoms in total. The minimum atomic E-state index is -1.21. The van der Waals surface area contributed by atoms with Gasteiger partial charge in [0.1, 0.15) is 6.61 Å². The molecule has 3 aromatic rings. The van der Waals surface area contributed by atoms with Gasteiger partial charge in [-0.15, -0.1) is 11.3 Å². The maximum atomic E-state index is 10.7. The first-order chi connectivity index (χ1) is 13.5. The second-order valence-corrected chi connectivity index (χ2v) is 6.85. The number of benzene rings is 2. The molecule has 0 aliphatic rings. The van der Waals surface area contributed by atoms with E-state index in [1.54, 1.807) is 36.8 Å². The number of carboxylic acid groups (broad SMARTS) is 1. The molecule has 0 spiro atoms. The normalized spacial score (nSPS) is 10.8. The van der Waals surface area contributed by atoms with Crippen molar-refractivity contribution in [2.75, 3.05) is 12.5 Å². The summed E-state index contributed by atoms with van der Waals surface area (Å²) in [6, 6.07) is 11.6. The van der Waals surface area contributed by atoms with Gasteiger partial charge in [-0.1, -0.05) is 12.1 Å². The van der Waals surface area contributed by atoms with E-state index >= 15 is 0 Å². The summed E-state index contributed by atoms with van der Waals surface area (Å²) in [5, 5.41) is 17.9. The van der Waals surface area contributed by atoms with Crippen molar-refractivity contribution >= 4 is 29.2 Å². The van der Waals surface area contributed by atoms with Crippen molar-refractivity contribution in [1.82, 2.24) is 4.98 Å². The standard InChI is InChI=1S/C20H19N3O4S/c1-13-22-17(12-28-13)11-27-18-8-3-14(9-19(18)26-2)10-21-23-16-6-4-15(5-7-16)20(24)25/h3-10,12,23H,11H2,1-2H3,(H,24,25)/p-1/b21-10-. The highest BCUT2D eigenvalue weighted by molar-refractivity contribution is 7.09. The van der Waals surface area contributed by atoms with Crippen LogP contribution in [-0.2, 0) is 6.61 Å². The zero-order valence-corrected chi connectivity index (χ0v) is 16.2. The van der Waals surface area contributed by atoms with Crippen LogP contribution in [0.3, 0.4) is 0 Å². The molecule has 0 fully saturated rings. The average molecular weight is 396 g/mol. The number of aromatic nitrogens is 1. The minimum Gasteiger partial charge on any atom is -0.545 e. The van der Waals surface area contributed by atoms with Crippen molar-refractivity contribution in [3.63, 3.8) is 0 Å². The molecule has 0 aliphatic heterocycles. The predicted molar refractivity (Wildman–Crippen MR) is 106 cm³/mol. The number of nitrogens with one attached hydrogen (secondary N) is 1.